The van der Waals surface area contributed by atoms with Gasteiger partial charge in [-0.1, -0.05) is 25.3 Å². The van der Waals surface area contributed by atoms with Crippen LogP contribution in [0.4, 0.5) is 9.59 Å². The van der Waals surface area contributed by atoms with E-state index in [1.807, 2.05) is 0 Å². The van der Waals surface area contributed by atoms with E-state index in [9.17, 15) is 14.4 Å². The minimum atomic E-state index is -0.755. The Hall–Kier alpha value is -2.68. The number of hydrogen-bond donors (Lipinski definition) is 1. The summed E-state index contributed by atoms with van der Waals surface area (Å²) < 4.78 is 15.4. The number of pyridine rings is 1. The van der Waals surface area contributed by atoms with Gasteiger partial charge in [0.1, 0.15) is 13.2 Å². The summed E-state index contributed by atoms with van der Waals surface area (Å²) in [5.74, 6) is 0.115. The Bertz CT molecular complexity index is 664. The minimum absolute atomic E-state index is 0.0152. The molecule has 0 unspecified atom stereocenters. The molecule has 1 aliphatic carbocycles. The third kappa shape index (κ3) is 9.21. The van der Waals surface area contributed by atoms with Crippen LogP contribution in [-0.2, 0) is 25.5 Å². The van der Waals surface area contributed by atoms with Crippen molar-refractivity contribution in [2.24, 2.45) is 5.92 Å². The molecule has 1 heterocycles. The van der Waals surface area contributed by atoms with Gasteiger partial charge in [-0.2, -0.15) is 0 Å². The Morgan fingerprint density at radius 3 is 2.47 bits per heavy atom. The van der Waals surface area contributed by atoms with Gasteiger partial charge in [0.2, 0.25) is 5.91 Å². The van der Waals surface area contributed by atoms with Crippen molar-refractivity contribution in [3.05, 3.63) is 30.1 Å². The van der Waals surface area contributed by atoms with Crippen LogP contribution in [0.5, 0.6) is 0 Å². The summed E-state index contributed by atoms with van der Waals surface area (Å²) in [5, 5.41) is 2.78. The van der Waals surface area contributed by atoms with Crippen molar-refractivity contribution in [3.63, 3.8) is 0 Å². The lowest BCUT2D eigenvalue weighted by Crippen LogP contribution is -2.36. The summed E-state index contributed by atoms with van der Waals surface area (Å²) in [6.45, 7) is 2.41. The summed E-state index contributed by atoms with van der Waals surface area (Å²) in [7, 11) is 0. The fourth-order valence-corrected chi connectivity index (χ4v) is 3.19. The quantitative estimate of drug-likeness (QED) is 0.579. The largest absolute Gasteiger partial charge is 0.447 e. The van der Waals surface area contributed by atoms with Crippen molar-refractivity contribution in [1.82, 2.24) is 15.2 Å². The average Bonchev–Trinajstić information content (AvgIpc) is 2.76. The number of aromatic nitrogens is 1. The SMILES string of the molecule is CC(=O)N(Cc1ccccn1)C(=O)OCCOCCOC(=O)NCC1CCCCC1. The van der Waals surface area contributed by atoms with Gasteiger partial charge in [-0.15, -0.1) is 0 Å². The highest BCUT2D eigenvalue weighted by Gasteiger charge is 2.20. The Balaban J connectivity index is 1.52. The van der Waals surface area contributed by atoms with E-state index in [2.05, 4.69) is 10.3 Å². The third-order valence-corrected chi connectivity index (χ3v) is 4.82. The second kappa shape index (κ2) is 13.5. The van der Waals surface area contributed by atoms with Crippen LogP contribution in [0.1, 0.15) is 44.7 Å². The van der Waals surface area contributed by atoms with Crippen LogP contribution in [-0.4, -0.2) is 60.9 Å². The summed E-state index contributed by atoms with van der Waals surface area (Å²) >= 11 is 0. The molecule has 1 fully saturated rings. The molecule has 1 N–H and O–H groups in total. The number of carbonyl (C=O) groups is 3. The molecule has 9 heteroatoms. The summed E-state index contributed by atoms with van der Waals surface area (Å²) in [4.78, 5) is 40.5. The zero-order chi connectivity index (χ0) is 21.6. The van der Waals surface area contributed by atoms with E-state index in [0.717, 1.165) is 17.7 Å². The zero-order valence-corrected chi connectivity index (χ0v) is 17.5. The standard InChI is InChI=1S/C21H31N3O6/c1-17(25)24(16-19-9-5-6-10-22-19)21(27)30-14-12-28-11-13-29-20(26)23-15-18-7-3-2-4-8-18/h5-6,9-10,18H,2-4,7-8,11-16H2,1H3,(H,23,26). The fraction of sp³-hybridized carbons (Fsp3) is 0.619. The number of rotatable bonds is 10. The lowest BCUT2D eigenvalue weighted by Gasteiger charge is -2.21. The highest BCUT2D eigenvalue weighted by Crippen LogP contribution is 2.22. The molecule has 0 atom stereocenters. The van der Waals surface area contributed by atoms with Gasteiger partial charge in [-0.25, -0.2) is 14.5 Å². The Labute approximate surface area is 177 Å². The molecule has 3 amide bonds. The number of amides is 3. The molecule has 0 saturated heterocycles. The maximum Gasteiger partial charge on any atom is 0.416 e. The highest BCUT2D eigenvalue weighted by molar-refractivity contribution is 5.90. The van der Waals surface area contributed by atoms with Crippen LogP contribution in [0, 0.1) is 5.92 Å². The van der Waals surface area contributed by atoms with Crippen molar-refractivity contribution in [1.29, 1.82) is 0 Å². The molecular weight excluding hydrogens is 390 g/mol. The van der Waals surface area contributed by atoms with E-state index < -0.39 is 18.1 Å². The van der Waals surface area contributed by atoms with Gasteiger partial charge in [-0.05, 0) is 30.9 Å². The molecule has 1 aromatic rings. The van der Waals surface area contributed by atoms with Gasteiger partial charge in [0.05, 0.1) is 25.5 Å². The smallest absolute Gasteiger partial charge is 0.416 e. The van der Waals surface area contributed by atoms with Crippen molar-refractivity contribution in [2.75, 3.05) is 33.0 Å². The zero-order valence-electron chi connectivity index (χ0n) is 17.5. The van der Waals surface area contributed by atoms with Gasteiger partial charge >= 0.3 is 12.2 Å². The van der Waals surface area contributed by atoms with E-state index >= 15 is 0 Å². The van der Waals surface area contributed by atoms with E-state index in [1.165, 1.54) is 26.2 Å². The predicted molar refractivity (Wildman–Crippen MR) is 109 cm³/mol. The molecule has 1 saturated carbocycles. The van der Waals surface area contributed by atoms with Crippen LogP contribution in [0.15, 0.2) is 24.4 Å². The molecule has 1 aromatic heterocycles. The monoisotopic (exact) mass is 421 g/mol. The van der Waals surface area contributed by atoms with Crippen LogP contribution < -0.4 is 5.32 Å². The van der Waals surface area contributed by atoms with Gasteiger partial charge in [-0.3, -0.25) is 9.78 Å². The molecule has 166 valence electrons. The molecule has 0 spiro atoms. The summed E-state index contributed by atoms with van der Waals surface area (Å²) in [6.07, 6.45) is 6.45. The van der Waals surface area contributed by atoms with Crippen LogP contribution in [0.2, 0.25) is 0 Å². The third-order valence-electron chi connectivity index (χ3n) is 4.82. The molecule has 2 rings (SSSR count). The first-order valence-electron chi connectivity index (χ1n) is 10.4. The predicted octanol–water partition coefficient (Wildman–Crippen LogP) is 2.89. The van der Waals surface area contributed by atoms with Crippen molar-refractivity contribution >= 4 is 18.1 Å². The molecule has 0 radical (unpaired) electrons. The number of carbonyl (C=O) groups excluding carboxylic acids is 3. The summed E-state index contributed by atoms with van der Waals surface area (Å²) in [6, 6.07) is 5.25. The van der Waals surface area contributed by atoms with Gasteiger partial charge < -0.3 is 19.5 Å². The maximum absolute atomic E-state index is 12.1. The molecule has 9 nitrogen and oxygen atoms in total. The molecular formula is C21H31N3O6. The van der Waals surface area contributed by atoms with E-state index in [-0.39, 0.29) is 33.0 Å². The van der Waals surface area contributed by atoms with E-state index in [4.69, 9.17) is 14.2 Å². The van der Waals surface area contributed by atoms with Crippen LogP contribution in [0.3, 0.4) is 0 Å². The van der Waals surface area contributed by atoms with E-state index in [1.54, 1.807) is 24.4 Å². The van der Waals surface area contributed by atoms with Gasteiger partial charge in [0, 0.05) is 19.7 Å². The number of hydrogen-bond acceptors (Lipinski definition) is 7. The maximum atomic E-state index is 12.1. The van der Waals surface area contributed by atoms with Crippen LogP contribution in [0.25, 0.3) is 0 Å². The average molecular weight is 421 g/mol. The van der Waals surface area contributed by atoms with Crippen molar-refractivity contribution < 1.29 is 28.6 Å². The lowest BCUT2D eigenvalue weighted by atomic mass is 9.89. The molecule has 1 aliphatic rings. The van der Waals surface area contributed by atoms with Crippen molar-refractivity contribution in [3.8, 4) is 0 Å². The molecule has 0 aromatic carbocycles. The summed E-state index contributed by atoms with van der Waals surface area (Å²) in [5.41, 5.74) is 0.583. The van der Waals surface area contributed by atoms with Crippen molar-refractivity contribution in [2.45, 2.75) is 45.6 Å². The number of nitrogens with one attached hydrogen (secondary N) is 1. The Kier molecular flexibility index (Phi) is 10.6. The number of nitrogens with zero attached hydrogens (tertiary/aromatic N) is 2. The number of alkyl carbamates (subject to hydrolysis) is 1. The van der Waals surface area contributed by atoms with E-state index in [0.29, 0.717) is 18.2 Å². The first kappa shape index (κ1) is 23.6. The highest BCUT2D eigenvalue weighted by atomic mass is 16.6. The second-order valence-corrected chi connectivity index (χ2v) is 7.17. The number of imide groups is 1. The first-order valence-corrected chi connectivity index (χ1v) is 10.4. The second-order valence-electron chi connectivity index (χ2n) is 7.17. The topological polar surface area (TPSA) is 107 Å². The Morgan fingerprint density at radius 2 is 1.80 bits per heavy atom. The molecule has 30 heavy (non-hydrogen) atoms. The fourth-order valence-electron chi connectivity index (χ4n) is 3.19. The lowest BCUT2D eigenvalue weighted by molar-refractivity contribution is -0.127. The molecule has 0 bridgehead atoms. The molecule has 0 aliphatic heterocycles. The van der Waals surface area contributed by atoms with Gasteiger partial charge in [0.25, 0.3) is 0 Å². The minimum Gasteiger partial charge on any atom is -0.447 e. The first-order chi connectivity index (χ1) is 14.6. The normalized spacial score (nSPS) is 14.0. The van der Waals surface area contributed by atoms with Crippen LogP contribution >= 0.6 is 0 Å². The number of ether oxygens (including phenoxy) is 3. The Morgan fingerprint density at radius 1 is 1.07 bits per heavy atom. The van der Waals surface area contributed by atoms with Gasteiger partial charge in [0.15, 0.2) is 0 Å².